The molecule has 130 valence electrons. The van der Waals surface area contributed by atoms with E-state index in [-0.39, 0.29) is 22.8 Å². The van der Waals surface area contributed by atoms with Crippen molar-refractivity contribution < 1.29 is 4.79 Å². The number of nitrogens with zero attached hydrogens (tertiary/aromatic N) is 4. The molecule has 0 unspecified atom stereocenters. The second kappa shape index (κ2) is 5.14. The van der Waals surface area contributed by atoms with Crippen LogP contribution in [0.4, 0.5) is 0 Å². The summed E-state index contributed by atoms with van der Waals surface area (Å²) in [7, 11) is 0. The lowest BCUT2D eigenvalue weighted by Gasteiger charge is -2.39. The van der Waals surface area contributed by atoms with Crippen molar-refractivity contribution in [2.24, 2.45) is 0 Å². The summed E-state index contributed by atoms with van der Waals surface area (Å²) >= 11 is 3.44. The average molecular weight is 402 g/mol. The predicted molar refractivity (Wildman–Crippen MR) is 96.8 cm³/mol. The zero-order chi connectivity index (χ0) is 17.2. The van der Waals surface area contributed by atoms with Gasteiger partial charge in [0.25, 0.3) is 5.91 Å². The first-order chi connectivity index (χ1) is 12.0. The average Bonchev–Trinajstić information content (AvgIpc) is 3.48. The van der Waals surface area contributed by atoms with Crippen molar-refractivity contribution in [2.75, 3.05) is 13.1 Å². The van der Waals surface area contributed by atoms with Gasteiger partial charge in [-0.1, -0.05) is 17.7 Å². The van der Waals surface area contributed by atoms with Gasteiger partial charge in [0, 0.05) is 24.2 Å². The molecule has 3 aliphatic rings. The summed E-state index contributed by atoms with van der Waals surface area (Å²) in [5, 5.41) is 8.26. The summed E-state index contributed by atoms with van der Waals surface area (Å²) in [5.74, 6) is 0.201. The van der Waals surface area contributed by atoms with Gasteiger partial charge in [-0.2, -0.15) is 4.98 Å². The Balaban J connectivity index is 1.42. The van der Waals surface area contributed by atoms with Crippen LogP contribution in [0.15, 0.2) is 29.0 Å². The maximum atomic E-state index is 13.0. The Hall–Kier alpha value is -1.73. The van der Waals surface area contributed by atoms with Crippen molar-refractivity contribution in [2.45, 2.75) is 43.7 Å². The Morgan fingerprint density at radius 2 is 1.72 bits per heavy atom. The number of nitrogens with one attached hydrogen (secondary N) is 1. The van der Waals surface area contributed by atoms with Gasteiger partial charge >= 0.3 is 0 Å². The third-order valence-corrected chi connectivity index (χ3v) is 6.06. The molecule has 2 saturated carbocycles. The second-order valence-corrected chi connectivity index (χ2v) is 8.51. The SMILES string of the molecule is Cc1ccc(-n2nc(C(=O)N3CC4(CC4)NC4(CC4)C3)nc2Br)cc1. The van der Waals surface area contributed by atoms with Crippen LogP contribution in [0.1, 0.15) is 41.9 Å². The van der Waals surface area contributed by atoms with Gasteiger partial charge in [0.2, 0.25) is 10.6 Å². The number of hydrogen-bond acceptors (Lipinski definition) is 4. The van der Waals surface area contributed by atoms with Gasteiger partial charge in [-0.15, -0.1) is 5.10 Å². The van der Waals surface area contributed by atoms with E-state index in [2.05, 4.69) is 31.3 Å². The molecule has 3 fully saturated rings. The molecule has 1 saturated heterocycles. The van der Waals surface area contributed by atoms with Gasteiger partial charge < -0.3 is 10.2 Å². The van der Waals surface area contributed by atoms with Crippen LogP contribution in [0.5, 0.6) is 0 Å². The third-order valence-electron chi connectivity index (χ3n) is 5.55. The fourth-order valence-electron chi connectivity index (χ4n) is 3.82. The van der Waals surface area contributed by atoms with Crippen molar-refractivity contribution in [1.29, 1.82) is 0 Å². The first-order valence-electron chi connectivity index (χ1n) is 8.76. The number of halogens is 1. The summed E-state index contributed by atoms with van der Waals surface area (Å²) in [5.41, 5.74) is 2.38. The van der Waals surface area contributed by atoms with E-state index in [4.69, 9.17) is 0 Å². The molecule has 25 heavy (non-hydrogen) atoms. The van der Waals surface area contributed by atoms with E-state index >= 15 is 0 Å². The highest BCUT2D eigenvalue weighted by Crippen LogP contribution is 2.49. The standard InChI is InChI=1S/C18H20BrN5O/c1-12-2-4-13(5-3-12)24-16(19)20-14(21-24)15(25)23-10-17(6-7-17)22-18(11-23)8-9-18/h2-5,22H,6-11H2,1H3. The number of amides is 1. The number of benzene rings is 1. The van der Waals surface area contributed by atoms with Crippen LogP contribution in [0, 0.1) is 6.92 Å². The van der Waals surface area contributed by atoms with Crippen LogP contribution < -0.4 is 5.32 Å². The summed E-state index contributed by atoms with van der Waals surface area (Å²) in [6, 6.07) is 8.00. The minimum absolute atomic E-state index is 0.0642. The quantitative estimate of drug-likeness (QED) is 0.839. The molecule has 2 aliphatic carbocycles. The molecule has 5 rings (SSSR count). The Labute approximate surface area is 154 Å². The number of hydrogen-bond donors (Lipinski definition) is 1. The topological polar surface area (TPSA) is 63.1 Å². The highest BCUT2D eigenvalue weighted by Gasteiger charge is 2.59. The van der Waals surface area contributed by atoms with Gasteiger partial charge in [0.1, 0.15) is 0 Å². The van der Waals surface area contributed by atoms with Crippen LogP contribution in [0.3, 0.4) is 0 Å². The van der Waals surface area contributed by atoms with E-state index in [0.717, 1.165) is 44.5 Å². The van der Waals surface area contributed by atoms with Crippen LogP contribution in [0.2, 0.25) is 0 Å². The monoisotopic (exact) mass is 401 g/mol. The number of piperazine rings is 1. The fourth-order valence-corrected chi connectivity index (χ4v) is 4.27. The molecule has 1 N–H and O–H groups in total. The largest absolute Gasteiger partial charge is 0.332 e. The second-order valence-electron chi connectivity index (χ2n) is 7.80. The van der Waals surface area contributed by atoms with Crippen molar-refractivity contribution in [3.63, 3.8) is 0 Å². The van der Waals surface area contributed by atoms with E-state index in [1.807, 2.05) is 36.1 Å². The minimum atomic E-state index is -0.0642. The van der Waals surface area contributed by atoms with Gasteiger partial charge in [-0.25, -0.2) is 4.68 Å². The molecule has 1 aliphatic heterocycles. The Morgan fingerprint density at radius 3 is 2.28 bits per heavy atom. The zero-order valence-electron chi connectivity index (χ0n) is 14.1. The molecule has 2 aromatic rings. The van der Waals surface area contributed by atoms with Gasteiger partial charge in [0.05, 0.1) is 5.69 Å². The number of aryl methyl sites for hydroxylation is 1. The number of rotatable bonds is 2. The molecule has 0 atom stereocenters. The number of carbonyl (C=O) groups is 1. The molecular weight excluding hydrogens is 382 g/mol. The van der Waals surface area contributed by atoms with E-state index in [1.165, 1.54) is 5.56 Å². The van der Waals surface area contributed by atoms with Crippen LogP contribution >= 0.6 is 15.9 Å². The highest BCUT2D eigenvalue weighted by molar-refractivity contribution is 9.10. The highest BCUT2D eigenvalue weighted by atomic mass is 79.9. The van der Waals surface area contributed by atoms with E-state index in [0.29, 0.717) is 4.73 Å². The first-order valence-corrected chi connectivity index (χ1v) is 9.55. The molecule has 0 radical (unpaired) electrons. The smallest absolute Gasteiger partial charge is 0.293 e. The van der Waals surface area contributed by atoms with Crippen LogP contribution in [-0.4, -0.2) is 49.7 Å². The van der Waals surface area contributed by atoms with Crippen LogP contribution in [-0.2, 0) is 0 Å². The van der Waals surface area contributed by atoms with E-state index in [9.17, 15) is 4.79 Å². The molecule has 1 amide bonds. The normalized spacial score (nSPS) is 22.4. The third kappa shape index (κ3) is 2.69. The molecule has 1 aromatic carbocycles. The Bertz CT molecular complexity index is 831. The lowest BCUT2D eigenvalue weighted by molar-refractivity contribution is 0.0609. The maximum absolute atomic E-state index is 13.0. The van der Waals surface area contributed by atoms with Crippen molar-refractivity contribution in [3.05, 3.63) is 40.4 Å². The molecule has 0 bridgehead atoms. The van der Waals surface area contributed by atoms with Gasteiger partial charge in [-0.3, -0.25) is 4.79 Å². The molecular formula is C18H20BrN5O. The van der Waals surface area contributed by atoms with E-state index < -0.39 is 0 Å². The predicted octanol–water partition coefficient (Wildman–Crippen LogP) is 2.45. The van der Waals surface area contributed by atoms with Crippen molar-refractivity contribution in [1.82, 2.24) is 25.0 Å². The summed E-state index contributed by atoms with van der Waals surface area (Å²) < 4.78 is 2.23. The van der Waals surface area contributed by atoms with E-state index in [1.54, 1.807) is 4.68 Å². The van der Waals surface area contributed by atoms with Gasteiger partial charge in [-0.05, 0) is 60.7 Å². The van der Waals surface area contributed by atoms with Crippen molar-refractivity contribution in [3.8, 4) is 5.69 Å². The minimum Gasteiger partial charge on any atom is -0.332 e. The zero-order valence-corrected chi connectivity index (χ0v) is 15.7. The van der Waals surface area contributed by atoms with Gasteiger partial charge in [0.15, 0.2) is 0 Å². The lowest BCUT2D eigenvalue weighted by atomic mass is 10.1. The molecule has 2 spiro atoms. The first kappa shape index (κ1) is 15.5. The number of aromatic nitrogens is 3. The molecule has 2 heterocycles. The Kier molecular flexibility index (Phi) is 3.19. The molecule has 1 aromatic heterocycles. The summed E-state index contributed by atoms with van der Waals surface area (Å²) in [6.07, 6.45) is 4.64. The summed E-state index contributed by atoms with van der Waals surface area (Å²) in [6.45, 7) is 3.58. The number of carbonyl (C=O) groups excluding carboxylic acids is 1. The molecule has 6 nitrogen and oxygen atoms in total. The Morgan fingerprint density at radius 1 is 1.12 bits per heavy atom. The fraction of sp³-hybridized carbons (Fsp3) is 0.500. The molecule has 7 heteroatoms. The maximum Gasteiger partial charge on any atom is 0.293 e. The lowest BCUT2D eigenvalue weighted by Crippen LogP contribution is -2.61. The summed E-state index contributed by atoms with van der Waals surface area (Å²) in [4.78, 5) is 19.4. The van der Waals surface area contributed by atoms with Crippen LogP contribution in [0.25, 0.3) is 5.69 Å². The van der Waals surface area contributed by atoms with Crippen molar-refractivity contribution >= 4 is 21.8 Å².